The highest BCUT2D eigenvalue weighted by atomic mass is 79.9. The van der Waals surface area contributed by atoms with Crippen LogP contribution in [0.4, 0.5) is 5.69 Å². The fraction of sp³-hybridized carbons (Fsp3) is 0.696. The van der Waals surface area contributed by atoms with Crippen molar-refractivity contribution in [1.82, 2.24) is 4.90 Å². The second-order valence-electron chi connectivity index (χ2n) is 8.78. The molecule has 2 aliphatic carbocycles. The topological polar surface area (TPSA) is 23.6 Å². The van der Waals surface area contributed by atoms with E-state index in [0.29, 0.717) is 22.7 Å². The van der Waals surface area contributed by atoms with Crippen molar-refractivity contribution in [2.75, 3.05) is 19.0 Å². The molecule has 5 atom stereocenters. The molecule has 0 saturated heterocycles. The standard InChI is InChI=1S/C23H35BrN2O/c1-17-14-15-18(16-20(17)24)23(27)26(19-10-6-4-7-11-19)22-13-9-5-8-12-21(22)25(2)3/h4,6-7,10-11,17-18,20-22H,5,8-9,12-16H2,1-3H3. The van der Waals surface area contributed by atoms with Gasteiger partial charge in [-0.1, -0.05) is 60.3 Å². The second-order valence-corrected chi connectivity index (χ2v) is 9.96. The average Bonchev–Trinajstić information content (AvgIpc) is 2.91. The van der Waals surface area contributed by atoms with Crippen molar-refractivity contribution in [1.29, 1.82) is 0 Å². The number of rotatable bonds is 4. The summed E-state index contributed by atoms with van der Waals surface area (Å²) in [5.41, 5.74) is 1.07. The number of benzene rings is 1. The van der Waals surface area contributed by atoms with Gasteiger partial charge in [0.2, 0.25) is 5.91 Å². The van der Waals surface area contributed by atoms with E-state index in [4.69, 9.17) is 0 Å². The van der Waals surface area contributed by atoms with Crippen molar-refractivity contribution in [2.24, 2.45) is 11.8 Å². The minimum atomic E-state index is 0.136. The fourth-order valence-corrected chi connectivity index (χ4v) is 5.65. The molecule has 0 radical (unpaired) electrons. The van der Waals surface area contributed by atoms with E-state index >= 15 is 0 Å². The van der Waals surface area contributed by atoms with E-state index in [0.717, 1.165) is 31.4 Å². The second kappa shape index (κ2) is 9.56. The summed E-state index contributed by atoms with van der Waals surface area (Å²) in [6, 6.07) is 11.1. The number of carbonyl (C=O) groups is 1. The van der Waals surface area contributed by atoms with E-state index in [1.807, 2.05) is 6.07 Å². The maximum Gasteiger partial charge on any atom is 0.230 e. The minimum absolute atomic E-state index is 0.136. The summed E-state index contributed by atoms with van der Waals surface area (Å²) in [5, 5.41) is 0. The molecule has 5 unspecified atom stereocenters. The number of halogens is 1. The Hall–Kier alpha value is -0.870. The Morgan fingerprint density at radius 3 is 2.26 bits per heavy atom. The number of amides is 1. The predicted octanol–water partition coefficient (Wildman–Crippen LogP) is 5.48. The van der Waals surface area contributed by atoms with Crippen molar-refractivity contribution in [3.63, 3.8) is 0 Å². The molecular formula is C23H35BrN2O. The first kappa shape index (κ1) is 20.9. The summed E-state index contributed by atoms with van der Waals surface area (Å²) >= 11 is 3.83. The van der Waals surface area contributed by atoms with Gasteiger partial charge < -0.3 is 9.80 Å². The summed E-state index contributed by atoms with van der Waals surface area (Å²) in [6.07, 6.45) is 9.16. The Bertz CT molecular complexity index is 606. The molecule has 27 heavy (non-hydrogen) atoms. The molecule has 0 aromatic heterocycles. The van der Waals surface area contributed by atoms with Gasteiger partial charge in [-0.2, -0.15) is 0 Å². The Labute approximate surface area is 173 Å². The zero-order valence-electron chi connectivity index (χ0n) is 17.1. The molecule has 0 heterocycles. The number of hydrogen-bond acceptors (Lipinski definition) is 2. The third kappa shape index (κ3) is 4.95. The van der Waals surface area contributed by atoms with Crippen molar-refractivity contribution in [3.05, 3.63) is 30.3 Å². The summed E-state index contributed by atoms with van der Waals surface area (Å²) in [4.78, 5) is 18.8. The van der Waals surface area contributed by atoms with Crippen LogP contribution < -0.4 is 4.90 Å². The van der Waals surface area contributed by atoms with Gasteiger partial charge in [0.25, 0.3) is 0 Å². The molecule has 1 amide bonds. The lowest BCUT2D eigenvalue weighted by molar-refractivity contribution is -0.124. The molecular weight excluding hydrogens is 400 g/mol. The Morgan fingerprint density at radius 1 is 0.963 bits per heavy atom. The predicted molar refractivity (Wildman–Crippen MR) is 117 cm³/mol. The molecule has 150 valence electrons. The highest BCUT2D eigenvalue weighted by molar-refractivity contribution is 9.09. The number of para-hydroxylation sites is 1. The molecule has 3 rings (SSSR count). The summed E-state index contributed by atoms with van der Waals surface area (Å²) in [7, 11) is 4.35. The number of likely N-dealkylation sites (N-methyl/N-ethyl adjacent to an activating group) is 1. The maximum atomic E-state index is 13.8. The van der Waals surface area contributed by atoms with E-state index < -0.39 is 0 Å². The van der Waals surface area contributed by atoms with E-state index in [-0.39, 0.29) is 12.0 Å². The van der Waals surface area contributed by atoms with Gasteiger partial charge in [-0.05, 0) is 64.3 Å². The molecule has 0 N–H and O–H groups in total. The van der Waals surface area contributed by atoms with Crippen LogP contribution in [-0.4, -0.2) is 41.8 Å². The fourth-order valence-electron chi connectivity index (χ4n) is 4.93. The first-order chi connectivity index (χ1) is 13.0. The maximum absolute atomic E-state index is 13.8. The molecule has 0 aliphatic heterocycles. The lowest BCUT2D eigenvalue weighted by Crippen LogP contribution is -2.54. The Kier molecular flexibility index (Phi) is 7.38. The number of hydrogen-bond donors (Lipinski definition) is 0. The van der Waals surface area contributed by atoms with Gasteiger partial charge in [-0.25, -0.2) is 0 Å². The first-order valence-electron chi connectivity index (χ1n) is 10.7. The number of carbonyl (C=O) groups excluding carboxylic acids is 1. The first-order valence-corrected chi connectivity index (χ1v) is 11.6. The molecule has 4 heteroatoms. The quantitative estimate of drug-likeness (QED) is 0.462. The molecule has 0 spiro atoms. The Morgan fingerprint density at radius 2 is 1.63 bits per heavy atom. The number of anilines is 1. The van der Waals surface area contributed by atoms with E-state index in [2.05, 4.69) is 71.0 Å². The van der Waals surface area contributed by atoms with Crippen LogP contribution in [0.25, 0.3) is 0 Å². The van der Waals surface area contributed by atoms with Crippen LogP contribution in [0.5, 0.6) is 0 Å². The zero-order chi connectivity index (χ0) is 19.4. The monoisotopic (exact) mass is 434 g/mol. The zero-order valence-corrected chi connectivity index (χ0v) is 18.7. The third-order valence-corrected chi connectivity index (χ3v) is 7.93. The third-order valence-electron chi connectivity index (χ3n) is 6.66. The van der Waals surface area contributed by atoms with Crippen LogP contribution >= 0.6 is 15.9 Å². The lowest BCUT2D eigenvalue weighted by atomic mass is 9.81. The summed E-state index contributed by atoms with van der Waals surface area (Å²) in [5.74, 6) is 1.14. The van der Waals surface area contributed by atoms with Gasteiger partial charge in [0.15, 0.2) is 0 Å². The average molecular weight is 435 g/mol. The normalized spacial score (nSPS) is 32.1. The van der Waals surface area contributed by atoms with Crippen molar-refractivity contribution >= 4 is 27.5 Å². The largest absolute Gasteiger partial charge is 0.308 e. The summed E-state index contributed by atoms with van der Waals surface area (Å²) in [6.45, 7) is 2.29. The van der Waals surface area contributed by atoms with Crippen molar-refractivity contribution in [2.45, 2.75) is 75.2 Å². The van der Waals surface area contributed by atoms with Crippen LogP contribution in [0.2, 0.25) is 0 Å². The van der Waals surface area contributed by atoms with Crippen LogP contribution in [0.15, 0.2) is 30.3 Å². The molecule has 2 saturated carbocycles. The number of nitrogens with zero attached hydrogens (tertiary/aromatic N) is 2. The van der Waals surface area contributed by atoms with E-state index in [1.54, 1.807) is 0 Å². The SMILES string of the molecule is CC1CCC(C(=O)N(c2ccccc2)C2CCCCCC2N(C)C)CC1Br. The van der Waals surface area contributed by atoms with Gasteiger partial charge in [0.1, 0.15) is 0 Å². The smallest absolute Gasteiger partial charge is 0.230 e. The van der Waals surface area contributed by atoms with Crippen molar-refractivity contribution < 1.29 is 4.79 Å². The van der Waals surface area contributed by atoms with Gasteiger partial charge in [-0.3, -0.25) is 4.79 Å². The number of alkyl halides is 1. The highest BCUT2D eigenvalue weighted by Gasteiger charge is 2.39. The molecule has 0 bridgehead atoms. The van der Waals surface area contributed by atoms with Gasteiger partial charge >= 0.3 is 0 Å². The van der Waals surface area contributed by atoms with Crippen molar-refractivity contribution in [3.8, 4) is 0 Å². The van der Waals surface area contributed by atoms with Crippen LogP contribution in [0.3, 0.4) is 0 Å². The minimum Gasteiger partial charge on any atom is -0.308 e. The van der Waals surface area contributed by atoms with Gasteiger partial charge in [-0.15, -0.1) is 0 Å². The summed E-state index contributed by atoms with van der Waals surface area (Å²) < 4.78 is 0. The van der Waals surface area contributed by atoms with Crippen LogP contribution in [-0.2, 0) is 4.79 Å². The molecule has 2 aliphatic rings. The molecule has 2 fully saturated rings. The van der Waals surface area contributed by atoms with Gasteiger partial charge in [0.05, 0.1) is 6.04 Å². The lowest BCUT2D eigenvalue weighted by Gasteiger charge is -2.42. The van der Waals surface area contributed by atoms with Crippen LogP contribution in [0.1, 0.15) is 58.3 Å². The highest BCUT2D eigenvalue weighted by Crippen LogP contribution is 2.37. The van der Waals surface area contributed by atoms with Crippen LogP contribution in [0, 0.1) is 11.8 Å². The molecule has 1 aromatic carbocycles. The van der Waals surface area contributed by atoms with Gasteiger partial charge in [0, 0.05) is 22.5 Å². The Balaban J connectivity index is 1.92. The molecule has 1 aromatic rings. The van der Waals surface area contributed by atoms with E-state index in [9.17, 15) is 4.79 Å². The van der Waals surface area contributed by atoms with E-state index in [1.165, 1.54) is 25.7 Å². The molecule has 3 nitrogen and oxygen atoms in total.